The molecule has 0 saturated carbocycles. The summed E-state index contributed by atoms with van der Waals surface area (Å²) in [6.45, 7) is 2.77. The van der Waals surface area contributed by atoms with Crippen LogP contribution in [0.15, 0.2) is 24.3 Å². The van der Waals surface area contributed by atoms with E-state index >= 15 is 0 Å². The van der Waals surface area contributed by atoms with Crippen LogP contribution in [0.2, 0.25) is 0 Å². The van der Waals surface area contributed by atoms with Gasteiger partial charge < -0.3 is 10.1 Å². The number of unbranched alkanes of at least 4 members (excludes halogenated alkanes) is 1. The Morgan fingerprint density at radius 3 is 2.65 bits per heavy atom. The molecule has 1 aromatic carbocycles. The summed E-state index contributed by atoms with van der Waals surface area (Å²) in [6, 6.07) is 7.29. The van der Waals surface area contributed by atoms with Gasteiger partial charge in [-0.1, -0.05) is 19.3 Å². The minimum absolute atomic E-state index is 0.228. The van der Waals surface area contributed by atoms with E-state index in [4.69, 9.17) is 4.74 Å². The van der Waals surface area contributed by atoms with E-state index in [9.17, 15) is 4.79 Å². The molecule has 0 aromatic heterocycles. The Kier molecular flexibility index (Phi) is 5.67. The van der Waals surface area contributed by atoms with Crippen molar-refractivity contribution in [3.05, 3.63) is 29.8 Å². The van der Waals surface area contributed by atoms with Gasteiger partial charge in [0.15, 0.2) is 0 Å². The van der Waals surface area contributed by atoms with Crippen molar-refractivity contribution >= 4 is 5.91 Å². The van der Waals surface area contributed by atoms with Gasteiger partial charge in [-0.05, 0) is 30.7 Å². The number of ether oxygens (including phenoxy) is 1. The highest BCUT2D eigenvalue weighted by Gasteiger charge is 1.94. The fourth-order valence-electron chi connectivity index (χ4n) is 1.23. The first kappa shape index (κ1) is 13.1. The van der Waals surface area contributed by atoms with Crippen molar-refractivity contribution in [3.8, 4) is 17.6 Å². The molecule has 3 nitrogen and oxygen atoms in total. The van der Waals surface area contributed by atoms with E-state index in [1.165, 1.54) is 0 Å². The molecule has 0 heterocycles. The Morgan fingerprint density at radius 2 is 2.06 bits per heavy atom. The van der Waals surface area contributed by atoms with E-state index in [0.29, 0.717) is 6.54 Å². The van der Waals surface area contributed by atoms with Crippen LogP contribution in [0.4, 0.5) is 0 Å². The summed E-state index contributed by atoms with van der Waals surface area (Å²) in [5, 5.41) is 2.74. The van der Waals surface area contributed by atoms with Crippen molar-refractivity contribution in [2.24, 2.45) is 0 Å². The third-order valence-electron chi connectivity index (χ3n) is 2.23. The number of hydrogen-bond acceptors (Lipinski definition) is 2. The van der Waals surface area contributed by atoms with E-state index in [2.05, 4.69) is 24.1 Å². The number of amides is 1. The molecule has 0 saturated heterocycles. The van der Waals surface area contributed by atoms with Gasteiger partial charge in [-0.2, -0.15) is 0 Å². The summed E-state index contributed by atoms with van der Waals surface area (Å²) >= 11 is 0. The molecule has 0 unspecified atom stereocenters. The molecule has 0 fully saturated rings. The lowest BCUT2D eigenvalue weighted by molar-refractivity contribution is -0.115. The van der Waals surface area contributed by atoms with E-state index in [1.807, 2.05) is 24.3 Å². The van der Waals surface area contributed by atoms with Gasteiger partial charge in [0.1, 0.15) is 5.75 Å². The smallest absolute Gasteiger partial charge is 0.296 e. The predicted molar refractivity (Wildman–Crippen MR) is 67.8 cm³/mol. The highest BCUT2D eigenvalue weighted by Crippen LogP contribution is 2.09. The average molecular weight is 231 g/mol. The van der Waals surface area contributed by atoms with E-state index in [1.54, 1.807) is 7.11 Å². The van der Waals surface area contributed by atoms with Gasteiger partial charge in [0, 0.05) is 18.0 Å². The second-order valence-corrected chi connectivity index (χ2v) is 3.59. The van der Waals surface area contributed by atoms with Crippen molar-refractivity contribution in [2.45, 2.75) is 19.8 Å². The van der Waals surface area contributed by atoms with Crippen LogP contribution in [-0.4, -0.2) is 19.6 Å². The third kappa shape index (κ3) is 5.07. The van der Waals surface area contributed by atoms with Gasteiger partial charge in [0.2, 0.25) is 0 Å². The molecule has 0 atom stereocenters. The van der Waals surface area contributed by atoms with Crippen molar-refractivity contribution in [1.82, 2.24) is 5.32 Å². The Labute approximate surface area is 102 Å². The van der Waals surface area contributed by atoms with E-state index < -0.39 is 0 Å². The number of rotatable bonds is 4. The minimum Gasteiger partial charge on any atom is -0.497 e. The number of hydrogen-bond donors (Lipinski definition) is 1. The molecule has 17 heavy (non-hydrogen) atoms. The minimum atomic E-state index is -0.228. The van der Waals surface area contributed by atoms with Crippen molar-refractivity contribution in [2.75, 3.05) is 13.7 Å². The van der Waals surface area contributed by atoms with Gasteiger partial charge >= 0.3 is 0 Å². The maximum absolute atomic E-state index is 11.3. The first-order valence-corrected chi connectivity index (χ1v) is 5.70. The molecule has 0 radical (unpaired) electrons. The maximum Gasteiger partial charge on any atom is 0.296 e. The van der Waals surface area contributed by atoms with Crippen LogP contribution in [-0.2, 0) is 4.79 Å². The van der Waals surface area contributed by atoms with Gasteiger partial charge in [-0.3, -0.25) is 4.79 Å². The molecule has 90 valence electrons. The molecule has 0 spiro atoms. The second-order valence-electron chi connectivity index (χ2n) is 3.59. The standard InChI is InChI=1S/C14H17NO2/c1-3-4-11-15-14(16)10-7-12-5-8-13(17-2)9-6-12/h5-6,8-9H,3-4,11H2,1-2H3,(H,15,16). The third-order valence-corrected chi connectivity index (χ3v) is 2.23. The maximum atomic E-state index is 11.3. The first-order chi connectivity index (χ1) is 8.26. The fraction of sp³-hybridized carbons (Fsp3) is 0.357. The number of nitrogens with one attached hydrogen (secondary N) is 1. The molecular formula is C14H17NO2. The second kappa shape index (κ2) is 7.34. The normalized spacial score (nSPS) is 9.06. The Balaban J connectivity index is 2.49. The molecule has 1 amide bonds. The summed E-state index contributed by atoms with van der Waals surface area (Å²) in [5.41, 5.74) is 0.802. The van der Waals surface area contributed by atoms with Gasteiger partial charge in [0.25, 0.3) is 5.91 Å². The lowest BCUT2D eigenvalue weighted by Crippen LogP contribution is -2.22. The molecular weight excluding hydrogens is 214 g/mol. The predicted octanol–water partition coefficient (Wildman–Crippen LogP) is 1.96. The molecule has 1 rings (SSSR count). The monoisotopic (exact) mass is 231 g/mol. The summed E-state index contributed by atoms with van der Waals surface area (Å²) in [4.78, 5) is 11.3. The van der Waals surface area contributed by atoms with Crippen molar-refractivity contribution < 1.29 is 9.53 Å². The van der Waals surface area contributed by atoms with Crippen molar-refractivity contribution in [1.29, 1.82) is 0 Å². The fourth-order valence-corrected chi connectivity index (χ4v) is 1.23. The van der Waals surface area contributed by atoms with Crippen LogP contribution in [0, 0.1) is 11.8 Å². The van der Waals surface area contributed by atoms with E-state index in [0.717, 1.165) is 24.2 Å². The molecule has 1 N–H and O–H groups in total. The Bertz CT molecular complexity index is 412. The highest BCUT2D eigenvalue weighted by molar-refractivity contribution is 5.94. The number of carbonyl (C=O) groups excluding carboxylic acids is 1. The number of methoxy groups -OCH3 is 1. The van der Waals surface area contributed by atoms with Gasteiger partial charge in [-0.15, -0.1) is 0 Å². The Morgan fingerprint density at radius 1 is 1.35 bits per heavy atom. The SMILES string of the molecule is CCCCNC(=O)C#Cc1ccc(OC)cc1. The molecule has 0 aliphatic carbocycles. The topological polar surface area (TPSA) is 38.3 Å². The average Bonchev–Trinajstić information content (AvgIpc) is 2.37. The highest BCUT2D eigenvalue weighted by atomic mass is 16.5. The van der Waals surface area contributed by atoms with Crippen LogP contribution >= 0.6 is 0 Å². The Hall–Kier alpha value is -1.95. The zero-order valence-electron chi connectivity index (χ0n) is 10.2. The van der Waals surface area contributed by atoms with Crippen LogP contribution in [0.25, 0.3) is 0 Å². The van der Waals surface area contributed by atoms with Gasteiger partial charge in [-0.25, -0.2) is 0 Å². The van der Waals surface area contributed by atoms with Gasteiger partial charge in [0.05, 0.1) is 7.11 Å². The molecule has 0 aliphatic rings. The van der Waals surface area contributed by atoms with Crippen LogP contribution in [0.1, 0.15) is 25.3 Å². The number of carbonyl (C=O) groups is 1. The lowest BCUT2D eigenvalue weighted by atomic mass is 10.2. The lowest BCUT2D eigenvalue weighted by Gasteiger charge is -1.98. The van der Waals surface area contributed by atoms with Crippen LogP contribution in [0.3, 0.4) is 0 Å². The summed E-state index contributed by atoms with van der Waals surface area (Å²) in [7, 11) is 1.61. The van der Waals surface area contributed by atoms with Crippen LogP contribution < -0.4 is 10.1 Å². The molecule has 1 aromatic rings. The number of benzene rings is 1. The summed E-state index contributed by atoms with van der Waals surface area (Å²) in [6.07, 6.45) is 2.04. The first-order valence-electron chi connectivity index (χ1n) is 5.70. The van der Waals surface area contributed by atoms with Crippen molar-refractivity contribution in [3.63, 3.8) is 0 Å². The molecule has 3 heteroatoms. The molecule has 0 aliphatic heterocycles. The quantitative estimate of drug-likeness (QED) is 0.635. The molecule has 0 bridgehead atoms. The van der Waals surface area contributed by atoms with E-state index in [-0.39, 0.29) is 5.91 Å². The summed E-state index contributed by atoms with van der Waals surface area (Å²) < 4.78 is 5.03. The zero-order chi connectivity index (χ0) is 12.5. The van der Waals surface area contributed by atoms with Crippen LogP contribution in [0.5, 0.6) is 5.75 Å². The zero-order valence-corrected chi connectivity index (χ0v) is 10.2. The summed E-state index contributed by atoms with van der Waals surface area (Å²) in [5.74, 6) is 5.91. The largest absolute Gasteiger partial charge is 0.497 e.